The number of hydrogen-bond donors (Lipinski definition) is 0. The van der Waals surface area contributed by atoms with Gasteiger partial charge in [-0.3, -0.25) is 4.68 Å². The number of hydrogen-bond acceptors (Lipinski definition) is 2. The van der Waals surface area contributed by atoms with E-state index in [0.717, 1.165) is 25.1 Å². The Balaban J connectivity index is 2.22. The van der Waals surface area contributed by atoms with Crippen molar-refractivity contribution >= 4 is 0 Å². The van der Waals surface area contributed by atoms with Gasteiger partial charge in [0, 0.05) is 12.8 Å². The van der Waals surface area contributed by atoms with Gasteiger partial charge in [-0.1, -0.05) is 13.3 Å². The lowest BCUT2D eigenvalue weighted by molar-refractivity contribution is 0.115. The molecule has 1 aromatic heterocycles. The van der Waals surface area contributed by atoms with Gasteiger partial charge in [0.05, 0.1) is 18.8 Å². The van der Waals surface area contributed by atoms with E-state index in [4.69, 9.17) is 4.74 Å². The Bertz CT molecular complexity index is 250. The van der Waals surface area contributed by atoms with Gasteiger partial charge >= 0.3 is 0 Å². The first-order chi connectivity index (χ1) is 6.86. The van der Waals surface area contributed by atoms with E-state index in [1.165, 1.54) is 0 Å². The van der Waals surface area contributed by atoms with Crippen LogP contribution in [0.25, 0.3) is 0 Å². The number of halogens is 1. The van der Waals surface area contributed by atoms with Crippen molar-refractivity contribution < 1.29 is 9.13 Å². The summed E-state index contributed by atoms with van der Waals surface area (Å²) in [6, 6.07) is 1.86. The van der Waals surface area contributed by atoms with Gasteiger partial charge in [-0.15, -0.1) is 0 Å². The zero-order valence-corrected chi connectivity index (χ0v) is 8.58. The first-order valence-corrected chi connectivity index (χ1v) is 5.03. The summed E-state index contributed by atoms with van der Waals surface area (Å²) in [5.41, 5.74) is 0.870. The van der Waals surface area contributed by atoms with Crippen LogP contribution in [0.15, 0.2) is 12.3 Å². The SMILES string of the molecule is CCCCOCc1ccn(CCF)n1. The van der Waals surface area contributed by atoms with Gasteiger partial charge in [0.1, 0.15) is 6.67 Å². The van der Waals surface area contributed by atoms with Crippen LogP contribution in [0.1, 0.15) is 25.5 Å². The van der Waals surface area contributed by atoms with Gasteiger partial charge in [-0.05, 0) is 12.5 Å². The van der Waals surface area contributed by atoms with E-state index < -0.39 is 0 Å². The molecule has 0 fully saturated rings. The highest BCUT2D eigenvalue weighted by Gasteiger charge is 1.98. The number of nitrogens with zero attached hydrogens (tertiary/aromatic N) is 2. The Morgan fingerprint density at radius 3 is 3.14 bits per heavy atom. The number of unbranched alkanes of at least 4 members (excludes halogenated alkanes) is 1. The van der Waals surface area contributed by atoms with Crippen molar-refractivity contribution in [2.45, 2.75) is 32.9 Å². The van der Waals surface area contributed by atoms with Crippen LogP contribution >= 0.6 is 0 Å². The number of aromatic nitrogens is 2. The largest absolute Gasteiger partial charge is 0.375 e. The fraction of sp³-hybridized carbons (Fsp3) is 0.700. The van der Waals surface area contributed by atoms with Gasteiger partial charge in [-0.2, -0.15) is 5.10 Å². The van der Waals surface area contributed by atoms with E-state index in [2.05, 4.69) is 12.0 Å². The highest BCUT2D eigenvalue weighted by molar-refractivity contribution is 4.96. The summed E-state index contributed by atoms with van der Waals surface area (Å²) >= 11 is 0. The molecule has 80 valence electrons. The second kappa shape index (κ2) is 6.54. The first-order valence-electron chi connectivity index (χ1n) is 5.03. The van der Waals surface area contributed by atoms with Crippen LogP contribution in [0, 0.1) is 0 Å². The Labute approximate surface area is 83.9 Å². The lowest BCUT2D eigenvalue weighted by Crippen LogP contribution is -2.02. The molecule has 0 N–H and O–H groups in total. The molecule has 0 saturated heterocycles. The predicted molar refractivity (Wildman–Crippen MR) is 52.8 cm³/mol. The van der Waals surface area contributed by atoms with Crippen LogP contribution in [-0.4, -0.2) is 23.1 Å². The van der Waals surface area contributed by atoms with Crippen LogP contribution in [0.4, 0.5) is 4.39 Å². The average Bonchev–Trinajstić information content (AvgIpc) is 2.61. The van der Waals surface area contributed by atoms with Crippen LogP contribution in [0.3, 0.4) is 0 Å². The van der Waals surface area contributed by atoms with Crippen molar-refractivity contribution in [2.75, 3.05) is 13.3 Å². The molecule has 0 spiro atoms. The molecule has 0 saturated carbocycles. The highest BCUT2D eigenvalue weighted by atomic mass is 19.1. The molecule has 0 aliphatic heterocycles. The number of rotatable bonds is 7. The molecule has 1 heterocycles. The quantitative estimate of drug-likeness (QED) is 0.631. The van der Waals surface area contributed by atoms with E-state index in [1.54, 1.807) is 10.9 Å². The molecule has 0 aromatic carbocycles. The Kier molecular flexibility index (Phi) is 5.22. The molecule has 0 aliphatic carbocycles. The molecular weight excluding hydrogens is 183 g/mol. The molecule has 4 heteroatoms. The fourth-order valence-corrected chi connectivity index (χ4v) is 1.11. The van der Waals surface area contributed by atoms with Crippen molar-refractivity contribution in [2.24, 2.45) is 0 Å². The minimum absolute atomic E-state index is 0.328. The molecule has 0 atom stereocenters. The number of alkyl halides is 1. The second-order valence-corrected chi connectivity index (χ2v) is 3.17. The lowest BCUT2D eigenvalue weighted by atomic mass is 10.4. The lowest BCUT2D eigenvalue weighted by Gasteiger charge is -1.99. The number of aryl methyl sites for hydroxylation is 1. The second-order valence-electron chi connectivity index (χ2n) is 3.17. The molecule has 0 amide bonds. The third kappa shape index (κ3) is 3.87. The molecule has 14 heavy (non-hydrogen) atoms. The summed E-state index contributed by atoms with van der Waals surface area (Å²) in [6.07, 6.45) is 3.99. The van der Waals surface area contributed by atoms with Gasteiger partial charge < -0.3 is 4.74 Å². The summed E-state index contributed by atoms with van der Waals surface area (Å²) in [5, 5.41) is 4.15. The Hall–Kier alpha value is -0.900. The van der Waals surface area contributed by atoms with Crippen molar-refractivity contribution in [3.8, 4) is 0 Å². The van der Waals surface area contributed by atoms with Crippen molar-refractivity contribution in [1.82, 2.24) is 9.78 Å². The summed E-state index contributed by atoms with van der Waals surface area (Å²) in [7, 11) is 0. The van der Waals surface area contributed by atoms with E-state index in [9.17, 15) is 4.39 Å². The zero-order valence-electron chi connectivity index (χ0n) is 8.58. The molecule has 0 unspecified atom stereocenters. The van der Waals surface area contributed by atoms with Gasteiger partial charge in [0.15, 0.2) is 0 Å². The molecule has 1 rings (SSSR count). The van der Waals surface area contributed by atoms with E-state index in [-0.39, 0.29) is 6.67 Å². The molecular formula is C10H17FN2O. The van der Waals surface area contributed by atoms with E-state index >= 15 is 0 Å². The van der Waals surface area contributed by atoms with E-state index in [1.807, 2.05) is 6.07 Å². The summed E-state index contributed by atoms with van der Waals surface area (Å²) < 4.78 is 18.9. The van der Waals surface area contributed by atoms with Crippen LogP contribution in [-0.2, 0) is 17.9 Å². The smallest absolute Gasteiger partial charge is 0.109 e. The fourth-order valence-electron chi connectivity index (χ4n) is 1.11. The topological polar surface area (TPSA) is 27.1 Å². The molecule has 3 nitrogen and oxygen atoms in total. The van der Waals surface area contributed by atoms with Crippen molar-refractivity contribution in [3.05, 3.63) is 18.0 Å². The maximum atomic E-state index is 11.9. The highest BCUT2D eigenvalue weighted by Crippen LogP contribution is 1.99. The molecule has 0 aliphatic rings. The molecule has 0 bridgehead atoms. The molecule has 1 aromatic rings. The third-order valence-corrected chi connectivity index (χ3v) is 1.90. The maximum Gasteiger partial charge on any atom is 0.109 e. The predicted octanol–water partition coefficient (Wildman–Crippen LogP) is 2.17. The summed E-state index contributed by atoms with van der Waals surface area (Å²) in [4.78, 5) is 0. The zero-order chi connectivity index (χ0) is 10.2. The summed E-state index contributed by atoms with van der Waals surface area (Å²) in [5.74, 6) is 0. The third-order valence-electron chi connectivity index (χ3n) is 1.90. The van der Waals surface area contributed by atoms with E-state index in [0.29, 0.717) is 13.2 Å². The minimum atomic E-state index is -0.377. The maximum absolute atomic E-state index is 11.9. The van der Waals surface area contributed by atoms with Crippen molar-refractivity contribution in [3.63, 3.8) is 0 Å². The van der Waals surface area contributed by atoms with Crippen LogP contribution < -0.4 is 0 Å². The Morgan fingerprint density at radius 1 is 1.57 bits per heavy atom. The normalized spacial score (nSPS) is 10.7. The monoisotopic (exact) mass is 200 g/mol. The minimum Gasteiger partial charge on any atom is -0.375 e. The van der Waals surface area contributed by atoms with Gasteiger partial charge in [0.2, 0.25) is 0 Å². The molecule has 0 radical (unpaired) electrons. The standard InChI is InChI=1S/C10H17FN2O/c1-2-3-8-14-9-10-4-6-13(12-10)7-5-11/h4,6H,2-3,5,7-9H2,1H3. The van der Waals surface area contributed by atoms with Crippen LogP contribution in [0.5, 0.6) is 0 Å². The average molecular weight is 200 g/mol. The Morgan fingerprint density at radius 2 is 2.43 bits per heavy atom. The first kappa shape index (κ1) is 11.2. The van der Waals surface area contributed by atoms with Crippen molar-refractivity contribution in [1.29, 1.82) is 0 Å². The number of ether oxygens (including phenoxy) is 1. The van der Waals surface area contributed by atoms with Gasteiger partial charge in [-0.25, -0.2) is 4.39 Å². The van der Waals surface area contributed by atoms with Gasteiger partial charge in [0.25, 0.3) is 0 Å². The van der Waals surface area contributed by atoms with Crippen LogP contribution in [0.2, 0.25) is 0 Å². The summed E-state index contributed by atoms with van der Waals surface area (Å²) in [6.45, 7) is 3.37.